The Morgan fingerprint density at radius 2 is 1.89 bits per heavy atom. The molecule has 4 nitrogen and oxygen atoms in total. The minimum Gasteiger partial charge on any atom is -0.354 e. The summed E-state index contributed by atoms with van der Waals surface area (Å²) >= 11 is 0. The molecule has 1 amide bonds. The summed E-state index contributed by atoms with van der Waals surface area (Å²) in [4.78, 5) is 16.9. The minimum atomic E-state index is 0.221. The number of rotatable bonds is 3. The van der Waals surface area contributed by atoms with Crippen LogP contribution in [0.25, 0.3) is 0 Å². The third-order valence-electron chi connectivity index (χ3n) is 4.47. The van der Waals surface area contributed by atoms with Gasteiger partial charge in [0.2, 0.25) is 0 Å². The molecule has 0 unspecified atom stereocenters. The normalized spacial score (nSPS) is 20.7. The van der Waals surface area contributed by atoms with E-state index in [0.717, 1.165) is 31.6 Å². The highest BCUT2D eigenvalue weighted by Crippen LogP contribution is 2.19. The quantitative estimate of drug-likeness (QED) is 0.825. The number of likely N-dealkylation sites (tertiary alicyclic amines) is 1. The Labute approximate surface area is 115 Å². The van der Waals surface area contributed by atoms with Gasteiger partial charge in [-0.1, -0.05) is 6.42 Å². The monoisotopic (exact) mass is 261 g/mol. The molecule has 19 heavy (non-hydrogen) atoms. The Balaban J connectivity index is 1.59. The summed E-state index contributed by atoms with van der Waals surface area (Å²) in [7, 11) is 2.02. The number of fused-ring (bicyclic) bond motifs is 1. The van der Waals surface area contributed by atoms with Gasteiger partial charge in [-0.2, -0.15) is 0 Å². The van der Waals surface area contributed by atoms with Crippen LogP contribution in [0.2, 0.25) is 0 Å². The topological polar surface area (TPSA) is 28.5 Å². The molecule has 0 saturated carbocycles. The lowest BCUT2D eigenvalue weighted by Gasteiger charge is -2.32. The van der Waals surface area contributed by atoms with Crippen LogP contribution in [-0.2, 0) is 13.5 Å². The Morgan fingerprint density at radius 3 is 2.68 bits per heavy atom. The zero-order valence-electron chi connectivity index (χ0n) is 11.8. The van der Waals surface area contributed by atoms with Crippen LogP contribution < -0.4 is 0 Å². The van der Waals surface area contributed by atoms with Crippen molar-refractivity contribution < 1.29 is 4.79 Å². The van der Waals surface area contributed by atoms with Crippen molar-refractivity contribution >= 4 is 5.91 Å². The van der Waals surface area contributed by atoms with Crippen LogP contribution in [0.15, 0.2) is 12.3 Å². The molecule has 0 aliphatic carbocycles. The molecule has 1 fully saturated rings. The molecule has 1 aromatic heterocycles. The first-order valence-electron chi connectivity index (χ1n) is 7.41. The second-order valence-electron chi connectivity index (χ2n) is 5.73. The van der Waals surface area contributed by atoms with Gasteiger partial charge < -0.3 is 14.4 Å². The van der Waals surface area contributed by atoms with Crippen LogP contribution in [0.1, 0.15) is 35.3 Å². The van der Waals surface area contributed by atoms with Gasteiger partial charge in [-0.15, -0.1) is 0 Å². The highest BCUT2D eigenvalue weighted by atomic mass is 16.2. The van der Waals surface area contributed by atoms with E-state index < -0.39 is 0 Å². The number of aryl methyl sites for hydroxylation is 1. The number of piperidine rings is 1. The number of hydrogen-bond donors (Lipinski definition) is 0. The molecular weight excluding hydrogens is 238 g/mol. The van der Waals surface area contributed by atoms with Crippen molar-refractivity contribution in [2.75, 3.05) is 32.7 Å². The van der Waals surface area contributed by atoms with E-state index in [1.807, 2.05) is 24.2 Å². The van der Waals surface area contributed by atoms with Crippen molar-refractivity contribution in [1.82, 2.24) is 14.4 Å². The summed E-state index contributed by atoms with van der Waals surface area (Å²) in [6, 6.07) is 1.96. The van der Waals surface area contributed by atoms with Crippen LogP contribution >= 0.6 is 0 Å². The number of amides is 1. The molecule has 1 saturated heterocycles. The van der Waals surface area contributed by atoms with Crippen molar-refractivity contribution in [3.63, 3.8) is 0 Å². The van der Waals surface area contributed by atoms with E-state index in [-0.39, 0.29) is 5.91 Å². The van der Waals surface area contributed by atoms with Crippen LogP contribution in [-0.4, -0.2) is 53.0 Å². The first kappa shape index (κ1) is 12.7. The smallest absolute Gasteiger partial charge is 0.255 e. The summed E-state index contributed by atoms with van der Waals surface area (Å²) in [5.41, 5.74) is 2.10. The van der Waals surface area contributed by atoms with Gasteiger partial charge in [0.05, 0.1) is 5.56 Å². The van der Waals surface area contributed by atoms with Crippen molar-refractivity contribution in [2.45, 2.75) is 25.7 Å². The van der Waals surface area contributed by atoms with E-state index in [2.05, 4.69) is 9.47 Å². The lowest BCUT2D eigenvalue weighted by molar-refractivity contribution is 0.0711. The van der Waals surface area contributed by atoms with Gasteiger partial charge in [-0.3, -0.25) is 4.79 Å². The zero-order chi connectivity index (χ0) is 13.2. The van der Waals surface area contributed by atoms with Crippen LogP contribution in [0.4, 0.5) is 0 Å². The Kier molecular flexibility index (Phi) is 3.60. The van der Waals surface area contributed by atoms with Crippen molar-refractivity contribution in [3.8, 4) is 0 Å². The molecule has 0 bridgehead atoms. The summed E-state index contributed by atoms with van der Waals surface area (Å²) in [5, 5.41) is 0. The lowest BCUT2D eigenvalue weighted by Crippen LogP contribution is -2.43. The molecule has 0 N–H and O–H groups in total. The van der Waals surface area contributed by atoms with Crippen LogP contribution in [0.5, 0.6) is 0 Å². The van der Waals surface area contributed by atoms with Crippen molar-refractivity contribution in [3.05, 3.63) is 23.5 Å². The van der Waals surface area contributed by atoms with Crippen molar-refractivity contribution in [1.29, 1.82) is 0 Å². The largest absolute Gasteiger partial charge is 0.354 e. The molecule has 3 rings (SSSR count). The van der Waals surface area contributed by atoms with E-state index in [0.29, 0.717) is 0 Å². The number of carbonyl (C=O) groups excluding carboxylic acids is 1. The van der Waals surface area contributed by atoms with E-state index in [1.165, 1.54) is 38.0 Å². The average molecular weight is 261 g/mol. The molecule has 104 valence electrons. The zero-order valence-corrected chi connectivity index (χ0v) is 11.8. The predicted octanol–water partition coefficient (Wildman–Crippen LogP) is 1.51. The fourth-order valence-corrected chi connectivity index (χ4v) is 3.24. The third kappa shape index (κ3) is 2.54. The van der Waals surface area contributed by atoms with Gasteiger partial charge in [0.1, 0.15) is 0 Å². The Bertz CT molecular complexity index is 460. The molecule has 3 heterocycles. The summed E-state index contributed by atoms with van der Waals surface area (Å²) in [6.07, 6.45) is 6.99. The standard InChI is InChI=1S/C15H23N3O/c1-16-9-5-13-14(16)6-10-18(15(13)19)12-11-17-7-3-2-4-8-17/h5,9H,2-4,6-8,10-12H2,1H3. The number of nitrogens with zero attached hydrogens (tertiary/aromatic N) is 3. The summed E-state index contributed by atoms with van der Waals surface area (Å²) < 4.78 is 2.08. The van der Waals surface area contributed by atoms with Gasteiger partial charge >= 0.3 is 0 Å². The van der Waals surface area contributed by atoms with E-state index in [4.69, 9.17) is 0 Å². The van der Waals surface area contributed by atoms with Gasteiger partial charge in [0, 0.05) is 45.0 Å². The highest BCUT2D eigenvalue weighted by Gasteiger charge is 2.26. The maximum absolute atomic E-state index is 12.4. The minimum absolute atomic E-state index is 0.221. The first-order valence-corrected chi connectivity index (χ1v) is 7.41. The van der Waals surface area contributed by atoms with Crippen molar-refractivity contribution in [2.24, 2.45) is 7.05 Å². The maximum Gasteiger partial charge on any atom is 0.255 e. The highest BCUT2D eigenvalue weighted by molar-refractivity contribution is 5.96. The number of carbonyl (C=O) groups is 1. The average Bonchev–Trinajstić information content (AvgIpc) is 2.82. The molecule has 1 aromatic rings. The van der Waals surface area contributed by atoms with Crippen LogP contribution in [0, 0.1) is 0 Å². The van der Waals surface area contributed by atoms with E-state index in [1.54, 1.807) is 0 Å². The maximum atomic E-state index is 12.4. The van der Waals surface area contributed by atoms with Gasteiger partial charge in [-0.25, -0.2) is 0 Å². The summed E-state index contributed by atoms with van der Waals surface area (Å²) in [6.45, 7) is 5.20. The molecule has 0 radical (unpaired) electrons. The molecule has 2 aliphatic heterocycles. The van der Waals surface area contributed by atoms with Gasteiger partial charge in [-0.05, 0) is 32.0 Å². The molecule has 0 spiro atoms. The van der Waals surface area contributed by atoms with E-state index >= 15 is 0 Å². The second-order valence-corrected chi connectivity index (χ2v) is 5.73. The van der Waals surface area contributed by atoms with Gasteiger partial charge in [0.15, 0.2) is 0 Å². The fourth-order valence-electron chi connectivity index (χ4n) is 3.24. The number of aromatic nitrogens is 1. The molecular formula is C15H23N3O. The molecule has 0 atom stereocenters. The van der Waals surface area contributed by atoms with E-state index in [9.17, 15) is 4.79 Å². The van der Waals surface area contributed by atoms with Gasteiger partial charge in [0.25, 0.3) is 5.91 Å². The number of hydrogen-bond acceptors (Lipinski definition) is 2. The van der Waals surface area contributed by atoms with Crippen LogP contribution in [0.3, 0.4) is 0 Å². The molecule has 0 aromatic carbocycles. The third-order valence-corrected chi connectivity index (χ3v) is 4.47. The molecule has 4 heteroatoms. The molecule has 2 aliphatic rings. The predicted molar refractivity (Wildman–Crippen MR) is 75.3 cm³/mol. The first-order chi connectivity index (χ1) is 9.25. The Morgan fingerprint density at radius 1 is 1.11 bits per heavy atom. The fraction of sp³-hybridized carbons (Fsp3) is 0.667. The second kappa shape index (κ2) is 5.37. The SMILES string of the molecule is Cn1ccc2c1CCN(CCN1CCCCC1)C2=O. The lowest BCUT2D eigenvalue weighted by atomic mass is 10.1. The Hall–Kier alpha value is -1.29. The summed E-state index contributed by atoms with van der Waals surface area (Å²) in [5.74, 6) is 0.221.